The first-order valence-electron chi connectivity index (χ1n) is 7.66. The number of benzene rings is 1. The molecule has 2 saturated heterocycles. The molecule has 1 aromatic rings. The number of rotatable bonds is 2. The topological polar surface area (TPSA) is 58.8 Å². The molecule has 2 aliphatic rings. The molecule has 3 rings (SSSR count). The zero-order valence-electron chi connectivity index (χ0n) is 12.5. The standard InChI is InChI=1S/C16H23N3O2/c1-21-16(20)13-6-4-7-14(15(13)17)19-10-9-18-8-3-2-5-12(18)11-19/h4,6-7,12H,2-3,5,8-11,17H2,1H3. The fraction of sp³-hybridized carbons (Fsp3) is 0.562. The Bertz CT molecular complexity index is 532. The van der Waals surface area contributed by atoms with E-state index in [2.05, 4.69) is 9.80 Å². The lowest BCUT2D eigenvalue weighted by Crippen LogP contribution is -2.55. The van der Waals surface area contributed by atoms with Crippen molar-refractivity contribution in [3.63, 3.8) is 0 Å². The summed E-state index contributed by atoms with van der Waals surface area (Å²) in [4.78, 5) is 16.7. The van der Waals surface area contributed by atoms with Crippen LogP contribution in [0.5, 0.6) is 0 Å². The first-order valence-corrected chi connectivity index (χ1v) is 7.66. The second-order valence-corrected chi connectivity index (χ2v) is 5.86. The highest BCUT2D eigenvalue weighted by molar-refractivity contribution is 5.98. The number of nitrogens with zero attached hydrogens (tertiary/aromatic N) is 2. The molecule has 2 N–H and O–H groups in total. The monoisotopic (exact) mass is 289 g/mol. The Labute approximate surface area is 125 Å². The van der Waals surface area contributed by atoms with Crippen LogP contribution >= 0.6 is 0 Å². The van der Waals surface area contributed by atoms with Gasteiger partial charge in [-0.2, -0.15) is 0 Å². The van der Waals surface area contributed by atoms with Crippen molar-refractivity contribution in [2.45, 2.75) is 25.3 Å². The number of carbonyl (C=O) groups excluding carboxylic acids is 1. The second kappa shape index (κ2) is 5.93. The number of hydrogen-bond acceptors (Lipinski definition) is 5. The molecule has 0 spiro atoms. The molecule has 2 heterocycles. The maximum atomic E-state index is 11.8. The summed E-state index contributed by atoms with van der Waals surface area (Å²) in [6, 6.07) is 6.22. The molecule has 0 saturated carbocycles. The zero-order chi connectivity index (χ0) is 14.8. The third-order valence-electron chi connectivity index (χ3n) is 4.67. The Balaban J connectivity index is 1.82. The number of fused-ring (bicyclic) bond motifs is 1. The maximum Gasteiger partial charge on any atom is 0.340 e. The number of ether oxygens (including phenoxy) is 1. The highest BCUT2D eigenvalue weighted by Crippen LogP contribution is 2.31. The van der Waals surface area contributed by atoms with Gasteiger partial charge in [-0.15, -0.1) is 0 Å². The van der Waals surface area contributed by atoms with Crippen molar-refractivity contribution in [1.29, 1.82) is 0 Å². The lowest BCUT2D eigenvalue weighted by Gasteiger charge is -2.45. The number of carbonyl (C=O) groups is 1. The van der Waals surface area contributed by atoms with Crippen LogP contribution in [-0.4, -0.2) is 50.2 Å². The van der Waals surface area contributed by atoms with Crippen LogP contribution < -0.4 is 10.6 Å². The van der Waals surface area contributed by atoms with Crippen LogP contribution in [0.2, 0.25) is 0 Å². The minimum Gasteiger partial charge on any atom is -0.465 e. The van der Waals surface area contributed by atoms with Crippen LogP contribution in [0.1, 0.15) is 29.6 Å². The summed E-state index contributed by atoms with van der Waals surface area (Å²) in [5.41, 5.74) is 8.16. The highest BCUT2D eigenvalue weighted by atomic mass is 16.5. The molecule has 2 fully saturated rings. The van der Waals surface area contributed by atoms with Crippen LogP contribution in [0.15, 0.2) is 18.2 Å². The molecule has 1 unspecified atom stereocenters. The van der Waals surface area contributed by atoms with E-state index in [1.54, 1.807) is 6.07 Å². The summed E-state index contributed by atoms with van der Waals surface area (Å²) in [5.74, 6) is -0.370. The molecule has 1 atom stereocenters. The Morgan fingerprint density at radius 1 is 1.29 bits per heavy atom. The van der Waals surface area contributed by atoms with Crippen LogP contribution in [0.3, 0.4) is 0 Å². The van der Waals surface area contributed by atoms with Crippen molar-refractivity contribution in [1.82, 2.24) is 4.90 Å². The first-order chi connectivity index (χ1) is 10.2. The molecular weight excluding hydrogens is 266 g/mol. The van der Waals surface area contributed by atoms with Crippen molar-refractivity contribution in [3.8, 4) is 0 Å². The Hall–Kier alpha value is -1.75. The number of nitrogen functional groups attached to an aromatic ring is 1. The summed E-state index contributed by atoms with van der Waals surface area (Å²) in [6.07, 6.45) is 3.89. The molecule has 0 radical (unpaired) electrons. The molecule has 0 aromatic heterocycles. The number of esters is 1. The summed E-state index contributed by atoms with van der Waals surface area (Å²) in [6.45, 7) is 4.25. The van der Waals surface area contributed by atoms with Gasteiger partial charge in [-0.25, -0.2) is 4.79 Å². The van der Waals surface area contributed by atoms with E-state index in [1.807, 2.05) is 12.1 Å². The zero-order valence-corrected chi connectivity index (χ0v) is 12.5. The number of hydrogen-bond donors (Lipinski definition) is 1. The highest BCUT2D eigenvalue weighted by Gasteiger charge is 2.30. The molecule has 0 bridgehead atoms. The van der Waals surface area contributed by atoms with Gasteiger partial charge < -0.3 is 15.4 Å². The number of methoxy groups -OCH3 is 1. The molecule has 2 aliphatic heterocycles. The van der Waals surface area contributed by atoms with Gasteiger partial charge in [-0.1, -0.05) is 12.5 Å². The van der Waals surface area contributed by atoms with Gasteiger partial charge in [-0.3, -0.25) is 4.90 Å². The third-order valence-corrected chi connectivity index (χ3v) is 4.67. The lowest BCUT2D eigenvalue weighted by atomic mass is 9.98. The predicted octanol–water partition coefficient (Wildman–Crippen LogP) is 1.73. The average molecular weight is 289 g/mol. The fourth-order valence-corrected chi connectivity index (χ4v) is 3.49. The van der Waals surface area contributed by atoms with E-state index in [0.717, 1.165) is 25.3 Å². The van der Waals surface area contributed by atoms with Crippen molar-refractivity contribution in [2.75, 3.05) is 43.9 Å². The first kappa shape index (κ1) is 14.2. The summed E-state index contributed by atoms with van der Waals surface area (Å²) in [7, 11) is 1.38. The van der Waals surface area contributed by atoms with Gasteiger partial charge in [-0.05, 0) is 31.5 Å². The number of piperidine rings is 1. The normalized spacial score (nSPS) is 22.7. The van der Waals surface area contributed by atoms with E-state index in [0.29, 0.717) is 17.3 Å². The van der Waals surface area contributed by atoms with Crippen LogP contribution in [0.4, 0.5) is 11.4 Å². The minimum absolute atomic E-state index is 0.370. The largest absolute Gasteiger partial charge is 0.465 e. The molecule has 1 aromatic carbocycles. The van der Waals surface area contributed by atoms with Crippen molar-refractivity contribution in [3.05, 3.63) is 23.8 Å². The average Bonchev–Trinajstić information content (AvgIpc) is 2.54. The number of para-hydroxylation sites is 1. The van der Waals surface area contributed by atoms with E-state index < -0.39 is 0 Å². The maximum absolute atomic E-state index is 11.8. The van der Waals surface area contributed by atoms with Gasteiger partial charge in [0.15, 0.2) is 0 Å². The minimum atomic E-state index is -0.370. The third kappa shape index (κ3) is 2.70. The number of piperazine rings is 1. The molecule has 0 amide bonds. The van der Waals surface area contributed by atoms with Crippen molar-refractivity contribution < 1.29 is 9.53 Å². The summed E-state index contributed by atoms with van der Waals surface area (Å²) >= 11 is 0. The SMILES string of the molecule is COC(=O)c1cccc(N2CCN3CCCCC3C2)c1N. The number of anilines is 2. The van der Waals surface area contributed by atoms with E-state index in [9.17, 15) is 4.79 Å². The Morgan fingerprint density at radius 2 is 2.14 bits per heavy atom. The van der Waals surface area contributed by atoms with Gasteiger partial charge >= 0.3 is 5.97 Å². The van der Waals surface area contributed by atoms with Gasteiger partial charge in [0, 0.05) is 25.7 Å². The molecule has 0 aliphatic carbocycles. The van der Waals surface area contributed by atoms with Crippen LogP contribution in [0.25, 0.3) is 0 Å². The van der Waals surface area contributed by atoms with Gasteiger partial charge in [0.2, 0.25) is 0 Å². The fourth-order valence-electron chi connectivity index (χ4n) is 3.49. The Morgan fingerprint density at radius 3 is 2.95 bits per heavy atom. The second-order valence-electron chi connectivity index (χ2n) is 5.86. The lowest BCUT2D eigenvalue weighted by molar-refractivity contribution is 0.0602. The smallest absolute Gasteiger partial charge is 0.340 e. The summed E-state index contributed by atoms with van der Waals surface area (Å²) < 4.78 is 4.80. The van der Waals surface area contributed by atoms with E-state index >= 15 is 0 Å². The van der Waals surface area contributed by atoms with Gasteiger partial charge in [0.05, 0.1) is 24.0 Å². The summed E-state index contributed by atoms with van der Waals surface area (Å²) in [5, 5.41) is 0. The molecule has 5 nitrogen and oxygen atoms in total. The van der Waals surface area contributed by atoms with Crippen LogP contribution in [-0.2, 0) is 4.74 Å². The van der Waals surface area contributed by atoms with Crippen LogP contribution in [0, 0.1) is 0 Å². The van der Waals surface area contributed by atoms with E-state index in [1.165, 1.54) is 32.9 Å². The quantitative estimate of drug-likeness (QED) is 0.664. The molecule has 21 heavy (non-hydrogen) atoms. The van der Waals surface area contributed by atoms with Crippen molar-refractivity contribution >= 4 is 17.3 Å². The van der Waals surface area contributed by atoms with E-state index in [-0.39, 0.29) is 5.97 Å². The molecule has 5 heteroatoms. The van der Waals surface area contributed by atoms with Crippen molar-refractivity contribution in [2.24, 2.45) is 0 Å². The van der Waals surface area contributed by atoms with E-state index in [4.69, 9.17) is 10.5 Å². The van der Waals surface area contributed by atoms with Gasteiger partial charge in [0.1, 0.15) is 0 Å². The predicted molar refractivity (Wildman–Crippen MR) is 83.6 cm³/mol. The number of nitrogens with two attached hydrogens (primary N) is 1. The molecular formula is C16H23N3O2. The Kier molecular flexibility index (Phi) is 4.01. The van der Waals surface area contributed by atoms with Gasteiger partial charge in [0.25, 0.3) is 0 Å². The molecule has 114 valence electrons.